The van der Waals surface area contributed by atoms with Gasteiger partial charge in [-0.1, -0.05) is 45.0 Å². The van der Waals surface area contributed by atoms with Gasteiger partial charge in [0.25, 0.3) is 5.56 Å². The van der Waals surface area contributed by atoms with Crippen LogP contribution in [0.2, 0.25) is 0 Å². The summed E-state index contributed by atoms with van der Waals surface area (Å²) in [6.45, 7) is 7.60. The molecule has 0 saturated heterocycles. The van der Waals surface area contributed by atoms with Crippen LogP contribution >= 0.6 is 0 Å². The highest BCUT2D eigenvalue weighted by atomic mass is 16.5. The molecule has 34 heavy (non-hydrogen) atoms. The summed E-state index contributed by atoms with van der Waals surface area (Å²) < 4.78 is 12.5. The molecule has 0 radical (unpaired) electrons. The summed E-state index contributed by atoms with van der Waals surface area (Å²) in [5.41, 5.74) is 4.13. The maximum absolute atomic E-state index is 12.9. The van der Waals surface area contributed by atoms with Gasteiger partial charge in [-0.3, -0.25) is 4.79 Å². The van der Waals surface area contributed by atoms with Gasteiger partial charge in [-0.05, 0) is 48.9 Å². The normalized spacial score (nSPS) is 11.7. The lowest BCUT2D eigenvalue weighted by atomic mass is 9.90. The number of aromatic nitrogens is 3. The Labute approximate surface area is 199 Å². The number of fused-ring (bicyclic) bond motifs is 1. The van der Waals surface area contributed by atoms with E-state index in [9.17, 15) is 4.79 Å². The van der Waals surface area contributed by atoms with Gasteiger partial charge in [0, 0.05) is 22.9 Å². The van der Waals surface area contributed by atoms with Crippen molar-refractivity contribution < 1.29 is 9.47 Å². The lowest BCUT2D eigenvalue weighted by molar-refractivity contribution is 0.354. The lowest BCUT2D eigenvalue weighted by Crippen LogP contribution is -2.23. The zero-order valence-electron chi connectivity index (χ0n) is 20.4. The molecule has 2 aromatic heterocycles. The van der Waals surface area contributed by atoms with Crippen molar-refractivity contribution in [2.45, 2.75) is 39.2 Å². The summed E-state index contributed by atoms with van der Waals surface area (Å²) >= 11 is 0. The molecule has 0 saturated carbocycles. The quantitative estimate of drug-likeness (QED) is 0.382. The van der Waals surface area contributed by atoms with Crippen LogP contribution in [0.25, 0.3) is 16.7 Å². The molecule has 2 aromatic carbocycles. The van der Waals surface area contributed by atoms with E-state index in [2.05, 4.69) is 31.1 Å². The molecule has 0 aliphatic carbocycles. The average Bonchev–Trinajstić information content (AvgIpc) is 3.21. The molecule has 0 aliphatic heterocycles. The summed E-state index contributed by atoms with van der Waals surface area (Å²) in [5, 5.41) is 9.25. The smallest absolute Gasteiger partial charge is 0.254 e. The fourth-order valence-electron chi connectivity index (χ4n) is 4.05. The van der Waals surface area contributed by atoms with Crippen LogP contribution in [0.5, 0.6) is 11.5 Å². The average molecular weight is 461 g/mol. The van der Waals surface area contributed by atoms with E-state index in [0.29, 0.717) is 23.6 Å². The summed E-state index contributed by atoms with van der Waals surface area (Å²) in [4.78, 5) is 16.0. The van der Waals surface area contributed by atoms with Crippen molar-refractivity contribution in [3.05, 3.63) is 81.8 Å². The van der Waals surface area contributed by atoms with E-state index in [0.717, 1.165) is 40.9 Å². The van der Waals surface area contributed by atoms with Gasteiger partial charge < -0.3 is 19.8 Å². The highest BCUT2D eigenvalue weighted by Crippen LogP contribution is 2.30. The molecule has 178 valence electrons. The minimum Gasteiger partial charge on any atom is -0.493 e. The Hall–Kier alpha value is -3.58. The lowest BCUT2D eigenvalue weighted by Gasteiger charge is -2.15. The number of hydrogen-bond donors (Lipinski definition) is 2. The molecule has 7 nitrogen and oxygen atoms in total. The standard InChI is InChI=1S/C27H32N4O3/c1-27(2,3)24-21-16-19(17-28-14-13-18-11-12-22(33-4)23(15-18)34-5)26(32)29-25(21)31(30-24)20-9-7-6-8-10-20/h6-12,15-16,28H,13-14,17H2,1-5H3,(H,29,32). The molecule has 2 heterocycles. The fourth-order valence-corrected chi connectivity index (χ4v) is 4.05. The maximum atomic E-state index is 12.9. The van der Waals surface area contributed by atoms with Crippen molar-refractivity contribution in [1.82, 2.24) is 20.1 Å². The molecule has 0 bridgehead atoms. The second-order valence-corrected chi connectivity index (χ2v) is 9.35. The SMILES string of the molecule is COc1ccc(CCNCc2cc3c(C(C)(C)C)nn(-c4ccccc4)c3[nH]c2=O)cc1OC. The highest BCUT2D eigenvalue weighted by Gasteiger charge is 2.24. The number of hydrogen-bond acceptors (Lipinski definition) is 5. The van der Waals surface area contributed by atoms with Crippen LogP contribution in [0, 0.1) is 0 Å². The van der Waals surface area contributed by atoms with E-state index in [4.69, 9.17) is 14.6 Å². The molecular formula is C27H32N4O3. The molecule has 0 spiro atoms. The van der Waals surface area contributed by atoms with Crippen molar-refractivity contribution in [2.24, 2.45) is 0 Å². The van der Waals surface area contributed by atoms with Gasteiger partial charge in [-0.15, -0.1) is 0 Å². The first-order valence-corrected chi connectivity index (χ1v) is 11.4. The van der Waals surface area contributed by atoms with Gasteiger partial charge >= 0.3 is 0 Å². The van der Waals surface area contributed by atoms with Crippen LogP contribution in [0.3, 0.4) is 0 Å². The van der Waals surface area contributed by atoms with Crippen molar-refractivity contribution in [2.75, 3.05) is 20.8 Å². The Bertz CT molecular complexity index is 1330. The minimum atomic E-state index is -0.172. The molecule has 0 unspecified atom stereocenters. The minimum absolute atomic E-state index is 0.108. The van der Waals surface area contributed by atoms with Crippen molar-refractivity contribution >= 4 is 11.0 Å². The van der Waals surface area contributed by atoms with Crippen LogP contribution in [-0.4, -0.2) is 35.5 Å². The van der Waals surface area contributed by atoms with Crippen molar-refractivity contribution in [1.29, 1.82) is 0 Å². The summed E-state index contributed by atoms with van der Waals surface area (Å²) in [6.07, 6.45) is 0.805. The van der Waals surface area contributed by atoms with Crippen LogP contribution in [0.15, 0.2) is 59.4 Å². The monoisotopic (exact) mass is 460 g/mol. The third-order valence-corrected chi connectivity index (χ3v) is 5.83. The predicted octanol–water partition coefficient (Wildman–Crippen LogP) is 4.36. The second-order valence-electron chi connectivity index (χ2n) is 9.35. The van der Waals surface area contributed by atoms with Crippen LogP contribution in [-0.2, 0) is 18.4 Å². The van der Waals surface area contributed by atoms with E-state index in [-0.39, 0.29) is 11.0 Å². The first-order valence-electron chi connectivity index (χ1n) is 11.4. The van der Waals surface area contributed by atoms with Crippen LogP contribution in [0.4, 0.5) is 0 Å². The molecule has 4 aromatic rings. The number of rotatable bonds is 8. The van der Waals surface area contributed by atoms with E-state index in [1.165, 1.54) is 0 Å². The molecule has 2 N–H and O–H groups in total. The summed E-state index contributed by atoms with van der Waals surface area (Å²) in [5.74, 6) is 1.43. The Kier molecular flexibility index (Phi) is 6.75. The number of ether oxygens (including phenoxy) is 2. The number of H-pyrrole nitrogens is 1. The van der Waals surface area contributed by atoms with Gasteiger partial charge in [0.1, 0.15) is 5.65 Å². The molecule has 0 aliphatic rings. The van der Waals surface area contributed by atoms with Gasteiger partial charge in [0.05, 0.1) is 25.6 Å². The molecule has 7 heteroatoms. The third kappa shape index (κ3) is 4.84. The zero-order chi connectivity index (χ0) is 24.3. The van der Waals surface area contributed by atoms with Gasteiger partial charge in [0.2, 0.25) is 0 Å². The number of methoxy groups -OCH3 is 2. The predicted molar refractivity (Wildman–Crippen MR) is 135 cm³/mol. The first-order chi connectivity index (χ1) is 16.3. The molecule has 0 fully saturated rings. The maximum Gasteiger partial charge on any atom is 0.254 e. The number of pyridine rings is 1. The third-order valence-electron chi connectivity index (χ3n) is 5.83. The van der Waals surface area contributed by atoms with E-state index >= 15 is 0 Å². The summed E-state index contributed by atoms with van der Waals surface area (Å²) in [7, 11) is 3.26. The van der Waals surface area contributed by atoms with E-state index in [1.54, 1.807) is 14.2 Å². The highest BCUT2D eigenvalue weighted by molar-refractivity contribution is 5.81. The van der Waals surface area contributed by atoms with Gasteiger partial charge in [0.15, 0.2) is 11.5 Å². The van der Waals surface area contributed by atoms with Crippen molar-refractivity contribution in [3.63, 3.8) is 0 Å². The number of aromatic amines is 1. The number of nitrogens with zero attached hydrogens (tertiary/aromatic N) is 2. The molecule has 0 amide bonds. The second kappa shape index (κ2) is 9.73. The topological polar surface area (TPSA) is 81.2 Å². The number of nitrogens with one attached hydrogen (secondary N) is 2. The van der Waals surface area contributed by atoms with Gasteiger partial charge in [-0.2, -0.15) is 5.10 Å². The Balaban J connectivity index is 1.56. The number of para-hydroxylation sites is 1. The fraction of sp³-hybridized carbons (Fsp3) is 0.333. The Morgan fingerprint density at radius 1 is 1.00 bits per heavy atom. The van der Waals surface area contributed by atoms with E-state index in [1.807, 2.05) is 59.3 Å². The Morgan fingerprint density at radius 3 is 2.41 bits per heavy atom. The molecule has 4 rings (SSSR count). The van der Waals surface area contributed by atoms with Crippen LogP contribution in [0.1, 0.15) is 37.6 Å². The first kappa shape index (κ1) is 23.6. The molecular weight excluding hydrogens is 428 g/mol. The largest absolute Gasteiger partial charge is 0.493 e. The van der Waals surface area contributed by atoms with E-state index < -0.39 is 0 Å². The molecule has 0 atom stereocenters. The zero-order valence-corrected chi connectivity index (χ0v) is 20.4. The number of benzene rings is 2. The summed E-state index contributed by atoms with van der Waals surface area (Å²) in [6, 6.07) is 17.8. The van der Waals surface area contributed by atoms with Crippen LogP contribution < -0.4 is 20.3 Å². The van der Waals surface area contributed by atoms with Crippen molar-refractivity contribution in [3.8, 4) is 17.2 Å². The van der Waals surface area contributed by atoms with Gasteiger partial charge in [-0.25, -0.2) is 4.68 Å². The Morgan fingerprint density at radius 2 is 1.74 bits per heavy atom.